The predicted octanol–water partition coefficient (Wildman–Crippen LogP) is 4.61. The van der Waals surface area contributed by atoms with Crippen LogP contribution in [-0.4, -0.2) is 49.2 Å². The van der Waals surface area contributed by atoms with Crippen molar-refractivity contribution in [2.75, 3.05) is 10.6 Å². The topological polar surface area (TPSA) is 81.8 Å². The third kappa shape index (κ3) is 3.55. The SMILES string of the molecule is Cc1cc(Nc2cc3ncccc3c(N[C@@H]3C[C@H]4CC[C@@H](C3)N4[C@H]3C[C@H](C)C3)n2)n[nH]1. The number of piperidine rings is 1. The van der Waals surface area contributed by atoms with Crippen LogP contribution in [0.4, 0.5) is 17.5 Å². The first-order chi connectivity index (χ1) is 15.1. The average molecular weight is 418 g/mol. The van der Waals surface area contributed by atoms with E-state index in [2.05, 4.69) is 43.7 Å². The largest absolute Gasteiger partial charge is 0.367 e. The number of aromatic nitrogens is 4. The van der Waals surface area contributed by atoms with Crippen molar-refractivity contribution in [2.45, 2.75) is 76.5 Å². The van der Waals surface area contributed by atoms with Gasteiger partial charge in [0.15, 0.2) is 5.82 Å². The van der Waals surface area contributed by atoms with Crippen LogP contribution in [0.15, 0.2) is 30.5 Å². The summed E-state index contributed by atoms with van der Waals surface area (Å²) in [5.74, 6) is 3.38. The number of anilines is 3. The Labute approximate surface area is 183 Å². The fourth-order valence-electron chi connectivity index (χ4n) is 6.09. The summed E-state index contributed by atoms with van der Waals surface area (Å²) < 4.78 is 0. The van der Waals surface area contributed by atoms with E-state index in [1.54, 1.807) is 0 Å². The van der Waals surface area contributed by atoms with Gasteiger partial charge in [0.2, 0.25) is 0 Å². The van der Waals surface area contributed by atoms with E-state index in [1.807, 2.05) is 31.3 Å². The van der Waals surface area contributed by atoms with E-state index in [0.29, 0.717) is 6.04 Å². The van der Waals surface area contributed by atoms with Gasteiger partial charge in [-0.1, -0.05) is 6.92 Å². The van der Waals surface area contributed by atoms with Gasteiger partial charge >= 0.3 is 0 Å². The van der Waals surface area contributed by atoms with E-state index in [-0.39, 0.29) is 0 Å². The molecule has 3 fully saturated rings. The van der Waals surface area contributed by atoms with Crippen LogP contribution in [0.3, 0.4) is 0 Å². The molecule has 0 unspecified atom stereocenters. The number of nitrogens with zero attached hydrogens (tertiary/aromatic N) is 4. The molecule has 1 saturated carbocycles. The summed E-state index contributed by atoms with van der Waals surface area (Å²) in [7, 11) is 0. The minimum atomic E-state index is 0.463. The molecule has 31 heavy (non-hydrogen) atoms. The van der Waals surface area contributed by atoms with Crippen LogP contribution in [0, 0.1) is 12.8 Å². The molecule has 7 nitrogen and oxygen atoms in total. The third-order valence-electron chi connectivity index (χ3n) is 7.46. The van der Waals surface area contributed by atoms with Gasteiger partial charge in [0.25, 0.3) is 0 Å². The van der Waals surface area contributed by atoms with Crippen LogP contribution in [0.5, 0.6) is 0 Å². The Kier molecular flexibility index (Phi) is 4.60. The lowest BCUT2D eigenvalue weighted by molar-refractivity contribution is 0.0161. The molecule has 0 radical (unpaired) electrons. The lowest BCUT2D eigenvalue weighted by atomic mass is 9.78. The number of hydrogen-bond acceptors (Lipinski definition) is 6. The maximum absolute atomic E-state index is 4.93. The average Bonchev–Trinajstić information content (AvgIpc) is 3.25. The fourth-order valence-corrected chi connectivity index (χ4v) is 6.09. The minimum Gasteiger partial charge on any atom is -0.367 e. The number of fused-ring (bicyclic) bond motifs is 3. The van der Waals surface area contributed by atoms with Gasteiger partial charge in [0, 0.05) is 53.6 Å². The Hall–Kier alpha value is -2.67. The molecule has 3 N–H and O–H groups in total. The molecule has 3 aliphatic rings. The summed E-state index contributed by atoms with van der Waals surface area (Å²) in [6, 6.07) is 10.8. The molecule has 3 atom stereocenters. The first kappa shape index (κ1) is 19.0. The van der Waals surface area contributed by atoms with Crippen molar-refractivity contribution in [1.82, 2.24) is 25.1 Å². The number of rotatable bonds is 5. The normalized spacial score (nSPS) is 30.3. The molecule has 0 aromatic carbocycles. The third-order valence-corrected chi connectivity index (χ3v) is 7.46. The van der Waals surface area contributed by atoms with E-state index in [9.17, 15) is 0 Å². The molecule has 0 spiro atoms. The van der Waals surface area contributed by atoms with Gasteiger partial charge in [-0.2, -0.15) is 5.10 Å². The first-order valence-electron chi connectivity index (χ1n) is 11.7. The van der Waals surface area contributed by atoms with Crippen LogP contribution in [0.25, 0.3) is 10.9 Å². The van der Waals surface area contributed by atoms with Crippen molar-refractivity contribution < 1.29 is 0 Å². The zero-order chi connectivity index (χ0) is 20.9. The Bertz CT molecular complexity index is 1070. The van der Waals surface area contributed by atoms with Crippen molar-refractivity contribution in [3.8, 4) is 0 Å². The number of pyridine rings is 2. The molecule has 162 valence electrons. The highest BCUT2D eigenvalue weighted by atomic mass is 15.3. The predicted molar refractivity (Wildman–Crippen MR) is 124 cm³/mol. The molecular weight excluding hydrogens is 386 g/mol. The Balaban J connectivity index is 1.24. The van der Waals surface area contributed by atoms with Gasteiger partial charge < -0.3 is 10.6 Å². The number of nitrogens with one attached hydrogen (secondary N) is 3. The van der Waals surface area contributed by atoms with Crippen molar-refractivity contribution in [2.24, 2.45) is 5.92 Å². The quantitative estimate of drug-likeness (QED) is 0.562. The zero-order valence-corrected chi connectivity index (χ0v) is 18.3. The van der Waals surface area contributed by atoms with Crippen LogP contribution < -0.4 is 10.6 Å². The second-order valence-corrected chi connectivity index (χ2v) is 9.86. The van der Waals surface area contributed by atoms with Crippen molar-refractivity contribution in [3.05, 3.63) is 36.2 Å². The van der Waals surface area contributed by atoms with Crippen molar-refractivity contribution in [1.29, 1.82) is 0 Å². The summed E-state index contributed by atoms with van der Waals surface area (Å²) >= 11 is 0. The molecule has 2 saturated heterocycles. The summed E-state index contributed by atoms with van der Waals surface area (Å²) in [6.07, 6.45) is 9.74. The summed E-state index contributed by atoms with van der Waals surface area (Å²) in [5, 5.41) is 15.5. The van der Waals surface area contributed by atoms with Gasteiger partial charge in [-0.3, -0.25) is 15.0 Å². The monoisotopic (exact) mass is 417 g/mol. The smallest absolute Gasteiger partial charge is 0.153 e. The molecule has 6 rings (SSSR count). The molecular formula is C24H31N7. The number of aryl methyl sites for hydroxylation is 1. The number of H-pyrrole nitrogens is 1. The van der Waals surface area contributed by atoms with E-state index < -0.39 is 0 Å². The highest BCUT2D eigenvalue weighted by Gasteiger charge is 2.46. The van der Waals surface area contributed by atoms with Crippen molar-refractivity contribution >= 4 is 28.4 Å². The molecule has 2 aliphatic heterocycles. The number of hydrogen-bond donors (Lipinski definition) is 3. The van der Waals surface area contributed by atoms with E-state index >= 15 is 0 Å². The van der Waals surface area contributed by atoms with E-state index in [4.69, 9.17) is 4.98 Å². The molecule has 5 heterocycles. The highest BCUT2D eigenvalue weighted by molar-refractivity contribution is 5.91. The molecule has 2 bridgehead atoms. The molecule has 3 aromatic heterocycles. The summed E-state index contributed by atoms with van der Waals surface area (Å²) in [6.45, 7) is 4.38. The fraction of sp³-hybridized carbons (Fsp3) is 0.542. The van der Waals surface area contributed by atoms with E-state index in [1.165, 1.54) is 38.5 Å². The lowest BCUT2D eigenvalue weighted by Gasteiger charge is -2.49. The maximum atomic E-state index is 4.93. The number of aromatic amines is 1. The van der Waals surface area contributed by atoms with Crippen LogP contribution in [0.1, 0.15) is 51.1 Å². The van der Waals surface area contributed by atoms with E-state index in [0.717, 1.165) is 58.1 Å². The van der Waals surface area contributed by atoms with Gasteiger partial charge in [-0.05, 0) is 63.5 Å². The van der Waals surface area contributed by atoms with Gasteiger partial charge in [0.05, 0.1) is 5.52 Å². The second kappa shape index (κ2) is 7.48. The lowest BCUT2D eigenvalue weighted by Crippen LogP contribution is -2.55. The van der Waals surface area contributed by atoms with Crippen LogP contribution >= 0.6 is 0 Å². The maximum Gasteiger partial charge on any atom is 0.153 e. The molecule has 7 heteroatoms. The highest BCUT2D eigenvalue weighted by Crippen LogP contribution is 2.44. The second-order valence-electron chi connectivity index (χ2n) is 9.86. The molecule has 1 aliphatic carbocycles. The summed E-state index contributed by atoms with van der Waals surface area (Å²) in [4.78, 5) is 12.4. The van der Waals surface area contributed by atoms with Gasteiger partial charge in [0.1, 0.15) is 11.6 Å². The minimum absolute atomic E-state index is 0.463. The summed E-state index contributed by atoms with van der Waals surface area (Å²) in [5.41, 5.74) is 1.96. The van der Waals surface area contributed by atoms with Crippen molar-refractivity contribution in [3.63, 3.8) is 0 Å². The van der Waals surface area contributed by atoms with Crippen LogP contribution in [-0.2, 0) is 0 Å². The standard InChI is InChI=1S/C24H31N7/c1-14-8-19(9-14)31-17-5-6-18(31)12-16(11-17)26-24-20-4-3-7-25-21(20)13-22(28-24)27-23-10-15(2)29-30-23/h3-4,7,10,13-14,16-19H,5-6,8-9,11-12H2,1-2H3,(H3,26,27,28,29,30)/t14-,16-,17-,18+,19-. The van der Waals surface area contributed by atoms with Gasteiger partial charge in [-0.25, -0.2) is 4.98 Å². The molecule has 0 amide bonds. The first-order valence-corrected chi connectivity index (χ1v) is 11.7. The molecule has 3 aromatic rings. The zero-order valence-electron chi connectivity index (χ0n) is 18.3. The Morgan fingerprint density at radius 1 is 1.03 bits per heavy atom. The Morgan fingerprint density at radius 3 is 2.55 bits per heavy atom. The van der Waals surface area contributed by atoms with Gasteiger partial charge in [-0.15, -0.1) is 0 Å². The Morgan fingerprint density at radius 2 is 1.84 bits per heavy atom. The van der Waals surface area contributed by atoms with Crippen LogP contribution in [0.2, 0.25) is 0 Å².